The molecule has 0 bridgehead atoms. The molecule has 3 rings (SSSR count). The first-order valence-electron chi connectivity index (χ1n) is 13.3. The van der Waals surface area contributed by atoms with Crippen LogP contribution in [0.15, 0.2) is 0 Å². The summed E-state index contributed by atoms with van der Waals surface area (Å²) in [5.41, 5.74) is 0. The minimum absolute atomic E-state index is 0.0127. The Morgan fingerprint density at radius 2 is 1.07 bits per heavy atom. The Morgan fingerprint density at radius 3 is 1.23 bits per heavy atom. The molecule has 0 aromatic carbocycles. The van der Waals surface area contributed by atoms with Gasteiger partial charge in [0.15, 0.2) is 0 Å². The van der Waals surface area contributed by atoms with Crippen molar-refractivity contribution in [2.45, 2.75) is 157 Å². The zero-order chi connectivity index (χ0) is 23.3. The van der Waals surface area contributed by atoms with Crippen LogP contribution in [0.4, 0.5) is 4.39 Å². The molecule has 0 heterocycles. The monoisotopic (exact) mass is 428 g/mol. The van der Waals surface area contributed by atoms with E-state index < -0.39 is 0 Å². The average molecular weight is 429 g/mol. The highest BCUT2D eigenvalue weighted by Crippen LogP contribution is 2.22. The van der Waals surface area contributed by atoms with Gasteiger partial charge in [-0.3, -0.25) is 4.39 Å². The van der Waals surface area contributed by atoms with Crippen molar-refractivity contribution >= 4 is 0 Å². The fraction of sp³-hybridized carbons (Fsp3) is 0.929. The predicted molar refractivity (Wildman–Crippen MR) is 136 cm³/mol. The lowest BCUT2D eigenvalue weighted by atomic mass is 9.89. The van der Waals surface area contributed by atoms with Gasteiger partial charge in [0.05, 0.1) is 6.10 Å². The zero-order valence-corrected chi connectivity index (χ0v) is 21.7. The first-order valence-corrected chi connectivity index (χ1v) is 13.3. The predicted octanol–water partition coefficient (Wildman–Crippen LogP) is 9.66. The Bertz CT molecular complexity index is 280. The van der Waals surface area contributed by atoms with Gasteiger partial charge < -0.3 is 5.11 Å². The summed E-state index contributed by atoms with van der Waals surface area (Å²) in [5, 5.41) is 9.08. The first-order chi connectivity index (χ1) is 14.7. The Morgan fingerprint density at radius 1 is 0.700 bits per heavy atom. The maximum atomic E-state index is 11.1. The highest BCUT2D eigenvalue weighted by Gasteiger charge is 2.15. The van der Waals surface area contributed by atoms with Crippen LogP contribution < -0.4 is 0 Å². The molecule has 0 radical (unpaired) electrons. The van der Waals surface area contributed by atoms with E-state index in [0.29, 0.717) is 6.42 Å². The van der Waals surface area contributed by atoms with Crippen LogP contribution in [0.1, 0.15) is 151 Å². The van der Waals surface area contributed by atoms with Crippen molar-refractivity contribution in [2.75, 3.05) is 6.67 Å². The molecule has 3 aliphatic rings. The third-order valence-electron chi connectivity index (χ3n) is 5.30. The molecule has 0 saturated heterocycles. The van der Waals surface area contributed by atoms with Crippen molar-refractivity contribution in [3.8, 4) is 11.8 Å². The number of hydrogen-bond acceptors (Lipinski definition) is 1. The Kier molecular flexibility index (Phi) is 37.6. The van der Waals surface area contributed by atoms with Crippen LogP contribution in [0, 0.1) is 17.8 Å². The molecule has 2 atom stereocenters. The van der Waals surface area contributed by atoms with Gasteiger partial charge in [0.1, 0.15) is 6.67 Å². The minimum Gasteiger partial charge on any atom is -0.393 e. The molecule has 0 spiro atoms. The molecular weight excluding hydrogens is 371 g/mol. The van der Waals surface area contributed by atoms with Crippen LogP contribution in [-0.4, -0.2) is 17.9 Å². The van der Waals surface area contributed by atoms with Crippen molar-refractivity contribution in [1.82, 2.24) is 0 Å². The summed E-state index contributed by atoms with van der Waals surface area (Å²) in [4.78, 5) is 0. The second-order valence-electron chi connectivity index (χ2n) is 8.03. The molecule has 182 valence electrons. The molecular formula is C28H57FO. The first kappa shape index (κ1) is 34.1. The lowest BCUT2D eigenvalue weighted by Crippen LogP contribution is -2.16. The Labute approximate surface area is 191 Å². The van der Waals surface area contributed by atoms with E-state index in [4.69, 9.17) is 5.11 Å². The van der Waals surface area contributed by atoms with Gasteiger partial charge in [0.25, 0.3) is 0 Å². The largest absolute Gasteiger partial charge is 0.393 e. The normalized spacial score (nSPS) is 21.9. The van der Waals surface area contributed by atoms with Gasteiger partial charge in [-0.2, -0.15) is 0 Å². The smallest absolute Gasteiger partial charge is 0.100 e. The molecule has 3 aliphatic carbocycles. The molecule has 0 aliphatic heterocycles. The molecule has 3 saturated carbocycles. The summed E-state index contributed by atoms with van der Waals surface area (Å²) in [5.74, 6) is 5.91. The van der Waals surface area contributed by atoms with Crippen molar-refractivity contribution in [3.63, 3.8) is 0 Å². The number of halogens is 1. The zero-order valence-electron chi connectivity index (χ0n) is 21.7. The van der Waals surface area contributed by atoms with Crippen molar-refractivity contribution in [1.29, 1.82) is 0 Å². The van der Waals surface area contributed by atoms with Crippen LogP contribution in [0.2, 0.25) is 0 Å². The van der Waals surface area contributed by atoms with E-state index in [2.05, 4.69) is 18.8 Å². The van der Waals surface area contributed by atoms with Gasteiger partial charge >= 0.3 is 0 Å². The molecule has 1 N–H and O–H groups in total. The van der Waals surface area contributed by atoms with Crippen LogP contribution in [-0.2, 0) is 0 Å². The Balaban J connectivity index is -0.000000309. The topological polar surface area (TPSA) is 20.2 Å². The van der Waals surface area contributed by atoms with Gasteiger partial charge in [0, 0.05) is 6.42 Å². The highest BCUT2D eigenvalue weighted by molar-refractivity contribution is 4.94. The molecule has 0 amide bonds. The van der Waals surface area contributed by atoms with Crippen LogP contribution in [0.5, 0.6) is 0 Å². The third-order valence-corrected chi connectivity index (χ3v) is 5.30. The van der Waals surface area contributed by atoms with Crippen molar-refractivity contribution in [2.24, 2.45) is 5.92 Å². The number of hydrogen-bond donors (Lipinski definition) is 1. The van der Waals surface area contributed by atoms with Gasteiger partial charge in [-0.1, -0.05) is 125 Å². The fourth-order valence-electron chi connectivity index (χ4n) is 3.70. The lowest BCUT2D eigenvalue weighted by Gasteiger charge is -2.21. The summed E-state index contributed by atoms with van der Waals surface area (Å²) in [6.07, 6.45) is 23.0. The van der Waals surface area contributed by atoms with E-state index in [1.165, 1.54) is 89.9 Å². The number of aliphatic hydroxyl groups is 1. The second kappa shape index (κ2) is 33.1. The van der Waals surface area contributed by atoms with Gasteiger partial charge in [-0.25, -0.2) is 0 Å². The highest BCUT2D eigenvalue weighted by atomic mass is 19.1. The van der Waals surface area contributed by atoms with Gasteiger partial charge in [0.2, 0.25) is 0 Å². The van der Waals surface area contributed by atoms with E-state index >= 15 is 0 Å². The number of rotatable bonds is 1. The maximum absolute atomic E-state index is 11.1. The van der Waals surface area contributed by atoms with E-state index in [-0.39, 0.29) is 12.8 Å². The summed E-state index contributed by atoms with van der Waals surface area (Å²) in [6.45, 7) is 11.6. The molecule has 2 unspecified atom stereocenters. The summed E-state index contributed by atoms with van der Waals surface area (Å²) in [7, 11) is 0. The van der Waals surface area contributed by atoms with Gasteiger partial charge in [-0.15, -0.1) is 11.8 Å². The van der Waals surface area contributed by atoms with Crippen LogP contribution in [0.3, 0.4) is 0 Å². The summed E-state index contributed by atoms with van der Waals surface area (Å²) < 4.78 is 11.1. The fourth-order valence-corrected chi connectivity index (χ4v) is 3.70. The molecule has 30 heavy (non-hydrogen) atoms. The molecule has 3 fully saturated rings. The molecule has 0 aromatic rings. The molecule has 1 nitrogen and oxygen atoms in total. The Hall–Kier alpha value is -0.550. The number of aliphatic hydroxyl groups excluding tert-OH is 1. The van der Waals surface area contributed by atoms with Crippen molar-refractivity contribution < 1.29 is 9.50 Å². The quantitative estimate of drug-likeness (QED) is 0.412. The van der Waals surface area contributed by atoms with E-state index in [1.807, 2.05) is 27.7 Å². The van der Waals surface area contributed by atoms with Crippen LogP contribution in [0.25, 0.3) is 0 Å². The summed E-state index contributed by atoms with van der Waals surface area (Å²) in [6, 6.07) is 0. The molecule has 2 heteroatoms. The standard InChI is InChI=1S/C7H14O.2C6H12.C5H7F.2C2H6/c1-6-3-2-4-7(8)5-6;2*1-2-4-6-5-3-1;1-2-3-4-5-6;2*1-2/h6-8H,2-5H2,1H3;2*1-6H2;4-5H2,1H3;2*1-2H3. The van der Waals surface area contributed by atoms with Crippen molar-refractivity contribution in [3.05, 3.63) is 0 Å². The molecule has 0 aromatic heterocycles. The minimum atomic E-state index is -0.319. The number of alkyl halides is 1. The third kappa shape index (κ3) is 32.1. The SMILES string of the molecule is C1CCCCC1.C1CCCCC1.CC.CC.CC#CCCF.CC1CCCC(O)C1. The van der Waals surface area contributed by atoms with E-state index in [0.717, 1.165) is 18.8 Å². The average Bonchev–Trinajstić information content (AvgIpc) is 2.84. The maximum Gasteiger partial charge on any atom is 0.100 e. The second-order valence-corrected chi connectivity index (χ2v) is 8.03. The summed E-state index contributed by atoms with van der Waals surface area (Å²) >= 11 is 0. The van der Waals surface area contributed by atoms with Gasteiger partial charge in [-0.05, 0) is 25.7 Å². The van der Waals surface area contributed by atoms with E-state index in [9.17, 15) is 4.39 Å². The lowest BCUT2D eigenvalue weighted by molar-refractivity contribution is 0.106. The van der Waals surface area contributed by atoms with E-state index in [1.54, 1.807) is 6.92 Å². The van der Waals surface area contributed by atoms with Crippen LogP contribution >= 0.6 is 0 Å².